The molecule has 0 bridgehead atoms. The van der Waals surface area contributed by atoms with Gasteiger partial charge in [0.25, 0.3) is 0 Å². The summed E-state index contributed by atoms with van der Waals surface area (Å²) in [7, 11) is 0. The van der Waals surface area contributed by atoms with Gasteiger partial charge < -0.3 is 5.11 Å². The lowest BCUT2D eigenvalue weighted by Crippen LogP contribution is -2.49. The van der Waals surface area contributed by atoms with E-state index >= 15 is 0 Å². The van der Waals surface area contributed by atoms with Gasteiger partial charge in [-0.2, -0.15) is 0 Å². The molecule has 0 saturated heterocycles. The fourth-order valence-corrected chi connectivity index (χ4v) is 9.25. The fraction of sp³-hybridized carbons (Fsp3) is 0.867. The van der Waals surface area contributed by atoms with E-state index in [4.69, 9.17) is 0 Å². The quantitative estimate of drug-likeness (QED) is 0.438. The number of aliphatic hydroxyl groups excluding tert-OH is 1. The lowest BCUT2D eigenvalue weighted by Gasteiger charge is -2.56. The maximum Gasteiger partial charge on any atom is 0.0569 e. The Kier molecular flexibility index (Phi) is 6.59. The van der Waals surface area contributed by atoms with Crippen LogP contribution in [0.4, 0.5) is 0 Å². The topological polar surface area (TPSA) is 20.2 Å². The van der Waals surface area contributed by atoms with Gasteiger partial charge in [-0.1, -0.05) is 64.3 Å². The molecule has 0 aromatic rings. The highest BCUT2D eigenvalue weighted by molar-refractivity contribution is 5.34. The van der Waals surface area contributed by atoms with E-state index in [0.29, 0.717) is 28.6 Å². The summed E-state index contributed by atoms with van der Waals surface area (Å²) < 4.78 is 0. The molecule has 1 heteroatoms. The van der Waals surface area contributed by atoms with E-state index in [-0.39, 0.29) is 6.10 Å². The molecule has 0 amide bonds. The molecule has 2 fully saturated rings. The number of aliphatic hydroxyl groups is 1. The maximum absolute atomic E-state index is 10.5. The molecule has 1 N–H and O–H groups in total. The van der Waals surface area contributed by atoms with Gasteiger partial charge in [0, 0.05) is 0 Å². The Balaban J connectivity index is 1.54. The average Bonchev–Trinajstić information content (AvgIpc) is 3.08. The summed E-state index contributed by atoms with van der Waals surface area (Å²) in [6, 6.07) is 0. The second kappa shape index (κ2) is 8.66. The van der Waals surface area contributed by atoms with E-state index in [9.17, 15) is 5.11 Å². The van der Waals surface area contributed by atoms with Crippen molar-refractivity contribution < 1.29 is 5.11 Å². The Labute approximate surface area is 193 Å². The molecule has 0 spiro atoms. The first kappa shape index (κ1) is 23.6. The lowest BCUT2D eigenvalue weighted by atomic mass is 9.49. The van der Waals surface area contributed by atoms with Crippen LogP contribution in [0.1, 0.15) is 113 Å². The van der Waals surface area contributed by atoms with Crippen LogP contribution in [-0.4, -0.2) is 11.2 Å². The third-order valence-corrected chi connectivity index (χ3v) is 11.3. The second-order valence-corrected chi connectivity index (χ2v) is 12.8. The number of hydrogen-bond donors (Lipinski definition) is 1. The lowest BCUT2D eigenvalue weighted by molar-refractivity contribution is -0.0336. The van der Waals surface area contributed by atoms with Gasteiger partial charge in [-0.3, -0.25) is 0 Å². The normalized spacial score (nSPS) is 44.2. The van der Waals surface area contributed by atoms with E-state index in [2.05, 4.69) is 54.5 Å². The summed E-state index contributed by atoms with van der Waals surface area (Å²) in [5, 5.41) is 10.5. The minimum atomic E-state index is -0.0707. The van der Waals surface area contributed by atoms with Crippen molar-refractivity contribution in [2.45, 2.75) is 119 Å². The predicted molar refractivity (Wildman–Crippen MR) is 133 cm³/mol. The summed E-state index contributed by atoms with van der Waals surface area (Å²) in [6.07, 6.45) is 15.5. The average molecular weight is 427 g/mol. The molecule has 0 aromatic heterocycles. The third kappa shape index (κ3) is 3.79. The predicted octanol–water partition coefficient (Wildman–Crippen LogP) is 8.34. The van der Waals surface area contributed by atoms with Crippen LogP contribution in [0, 0.1) is 46.3 Å². The minimum absolute atomic E-state index is 0.0707. The van der Waals surface area contributed by atoms with Crippen molar-refractivity contribution in [1.29, 1.82) is 0 Å². The summed E-state index contributed by atoms with van der Waals surface area (Å²) >= 11 is 0. The van der Waals surface area contributed by atoms with Crippen molar-refractivity contribution in [3.05, 3.63) is 22.8 Å². The number of allylic oxidation sites excluding steroid dienone is 4. The van der Waals surface area contributed by atoms with Gasteiger partial charge in [0.05, 0.1) is 6.10 Å². The van der Waals surface area contributed by atoms with Crippen molar-refractivity contribution in [2.75, 3.05) is 0 Å². The largest absolute Gasteiger partial charge is 0.393 e. The first-order valence-electron chi connectivity index (χ1n) is 13.7. The van der Waals surface area contributed by atoms with Crippen LogP contribution >= 0.6 is 0 Å². The minimum Gasteiger partial charge on any atom is -0.393 e. The molecule has 4 rings (SSSR count). The van der Waals surface area contributed by atoms with E-state index in [1.807, 2.05) is 11.1 Å². The van der Waals surface area contributed by atoms with Crippen molar-refractivity contribution in [3.63, 3.8) is 0 Å². The SMILES string of the molecule is CC=C(CCC(C)C1CCC2C3=C(CCC21C)C1(C)CCC(O)C(C)C1CC3)C(C)C. The van der Waals surface area contributed by atoms with Crippen molar-refractivity contribution in [3.8, 4) is 0 Å². The van der Waals surface area contributed by atoms with Crippen LogP contribution in [-0.2, 0) is 0 Å². The number of rotatable bonds is 5. The van der Waals surface area contributed by atoms with E-state index < -0.39 is 0 Å². The highest BCUT2D eigenvalue weighted by atomic mass is 16.3. The van der Waals surface area contributed by atoms with Crippen LogP contribution in [0.3, 0.4) is 0 Å². The standard InChI is InChI=1S/C30H50O/c1-8-22(19(2)3)10-9-20(4)24-13-14-26-23-11-12-25-21(5)28(31)16-18-30(25,7)27(23)15-17-29(24,26)6/h8,19-21,24-26,28,31H,9-18H2,1-7H3. The van der Waals surface area contributed by atoms with Crippen molar-refractivity contribution >= 4 is 0 Å². The van der Waals surface area contributed by atoms with Crippen molar-refractivity contribution in [2.24, 2.45) is 46.3 Å². The van der Waals surface area contributed by atoms with Crippen LogP contribution in [0.2, 0.25) is 0 Å². The van der Waals surface area contributed by atoms with Crippen LogP contribution < -0.4 is 0 Å². The first-order chi connectivity index (χ1) is 14.6. The van der Waals surface area contributed by atoms with Gasteiger partial charge in [-0.25, -0.2) is 0 Å². The van der Waals surface area contributed by atoms with Crippen LogP contribution in [0.25, 0.3) is 0 Å². The Bertz CT molecular complexity index is 729. The highest BCUT2D eigenvalue weighted by Crippen LogP contribution is 2.66. The van der Waals surface area contributed by atoms with Gasteiger partial charge in [0.15, 0.2) is 0 Å². The monoisotopic (exact) mass is 426 g/mol. The smallest absolute Gasteiger partial charge is 0.0569 e. The van der Waals surface area contributed by atoms with Crippen LogP contribution in [0.5, 0.6) is 0 Å². The molecule has 31 heavy (non-hydrogen) atoms. The number of hydrogen-bond acceptors (Lipinski definition) is 1. The van der Waals surface area contributed by atoms with Gasteiger partial charge in [0.2, 0.25) is 0 Å². The van der Waals surface area contributed by atoms with Gasteiger partial charge in [-0.15, -0.1) is 0 Å². The zero-order valence-electron chi connectivity index (χ0n) is 21.6. The zero-order chi connectivity index (χ0) is 22.6. The van der Waals surface area contributed by atoms with Gasteiger partial charge >= 0.3 is 0 Å². The molecule has 4 aliphatic carbocycles. The summed E-state index contributed by atoms with van der Waals surface area (Å²) in [6.45, 7) is 17.1. The molecule has 0 aromatic carbocycles. The second-order valence-electron chi connectivity index (χ2n) is 12.8. The molecule has 1 nitrogen and oxygen atoms in total. The number of fused-ring (bicyclic) bond motifs is 4. The molecule has 8 unspecified atom stereocenters. The molecular formula is C30H50O. The molecule has 0 heterocycles. The fourth-order valence-electron chi connectivity index (χ4n) is 9.25. The van der Waals surface area contributed by atoms with Crippen molar-refractivity contribution in [1.82, 2.24) is 0 Å². The Hall–Kier alpha value is -0.560. The molecular weight excluding hydrogens is 376 g/mol. The Morgan fingerprint density at radius 2 is 1.81 bits per heavy atom. The molecule has 4 aliphatic rings. The summed E-state index contributed by atoms with van der Waals surface area (Å²) in [4.78, 5) is 0. The Morgan fingerprint density at radius 1 is 1.06 bits per heavy atom. The molecule has 2 saturated carbocycles. The highest BCUT2D eigenvalue weighted by Gasteiger charge is 2.56. The summed E-state index contributed by atoms with van der Waals surface area (Å²) in [5.41, 5.74) is 6.32. The molecule has 0 aliphatic heterocycles. The van der Waals surface area contributed by atoms with E-state index in [1.54, 1.807) is 5.57 Å². The Morgan fingerprint density at radius 3 is 2.48 bits per heavy atom. The zero-order valence-corrected chi connectivity index (χ0v) is 21.6. The van der Waals surface area contributed by atoms with Gasteiger partial charge in [0.1, 0.15) is 0 Å². The molecule has 8 atom stereocenters. The third-order valence-electron chi connectivity index (χ3n) is 11.3. The molecule has 176 valence electrons. The van der Waals surface area contributed by atoms with Crippen LogP contribution in [0.15, 0.2) is 22.8 Å². The van der Waals surface area contributed by atoms with E-state index in [0.717, 1.165) is 24.2 Å². The molecule has 0 radical (unpaired) electrons. The van der Waals surface area contributed by atoms with Gasteiger partial charge in [-0.05, 0) is 117 Å². The summed E-state index contributed by atoms with van der Waals surface area (Å²) in [5.74, 6) is 4.44. The van der Waals surface area contributed by atoms with E-state index in [1.165, 1.54) is 57.8 Å². The first-order valence-corrected chi connectivity index (χ1v) is 13.7. The maximum atomic E-state index is 10.5.